The Hall–Kier alpha value is -3.60. The lowest BCUT2D eigenvalue weighted by Crippen LogP contribution is -2.31. The lowest BCUT2D eigenvalue weighted by molar-refractivity contribution is 0.0932. The van der Waals surface area contributed by atoms with Gasteiger partial charge in [0.1, 0.15) is 0 Å². The molecular formula is C25H22N4O. The number of hydrogen-bond donors (Lipinski definition) is 1. The topological polar surface area (TPSA) is 67.8 Å². The zero-order chi connectivity index (χ0) is 20.5. The number of nitrogens with one attached hydrogen (secondary N) is 1. The number of benzene rings is 1. The molecule has 0 radical (unpaired) electrons. The molecule has 1 amide bonds. The summed E-state index contributed by atoms with van der Waals surface area (Å²) in [5.74, 6) is 0.348. The van der Waals surface area contributed by atoms with Crippen LogP contribution in [-0.4, -0.2) is 20.9 Å². The quantitative estimate of drug-likeness (QED) is 0.524. The molecule has 5 rings (SSSR count). The maximum atomic E-state index is 13.5. The lowest BCUT2D eigenvalue weighted by atomic mass is 10.0. The Balaban J connectivity index is 1.56. The van der Waals surface area contributed by atoms with E-state index in [0.717, 1.165) is 46.3 Å². The second-order valence-corrected chi connectivity index (χ2v) is 7.80. The van der Waals surface area contributed by atoms with E-state index >= 15 is 0 Å². The molecule has 3 aromatic heterocycles. The molecule has 5 heteroatoms. The van der Waals surface area contributed by atoms with Gasteiger partial charge < -0.3 is 5.32 Å². The van der Waals surface area contributed by atoms with Crippen molar-refractivity contribution in [3.63, 3.8) is 0 Å². The number of carbonyl (C=O) groups excluding carboxylic acids is 1. The normalized spacial score (nSPS) is 14.4. The van der Waals surface area contributed by atoms with Gasteiger partial charge >= 0.3 is 0 Å². The highest BCUT2D eigenvalue weighted by atomic mass is 16.1. The predicted molar refractivity (Wildman–Crippen MR) is 117 cm³/mol. The maximum absolute atomic E-state index is 13.5. The summed E-state index contributed by atoms with van der Waals surface area (Å²) in [5, 5.41) is 4.13. The van der Waals surface area contributed by atoms with Gasteiger partial charge in [0.25, 0.3) is 5.91 Å². The van der Waals surface area contributed by atoms with Crippen LogP contribution in [0.1, 0.15) is 40.5 Å². The van der Waals surface area contributed by atoms with E-state index in [4.69, 9.17) is 4.98 Å². The Bertz CT molecular complexity index is 1220. The van der Waals surface area contributed by atoms with E-state index in [1.54, 1.807) is 18.6 Å². The standard InChI is InChI=1S/C25H22N4O/c1-16-5-4-12-27-23(16)24(18-8-9-18)29-25(30)20-15-22(17-10-13-26-14-11-17)28-21-7-3-2-6-19(20)21/h2-7,10-15,18,24H,8-9H2,1H3,(H,29,30). The molecule has 1 saturated carbocycles. The first kappa shape index (κ1) is 18.4. The molecule has 5 nitrogen and oxygen atoms in total. The van der Waals surface area contributed by atoms with Gasteiger partial charge in [-0.3, -0.25) is 14.8 Å². The van der Waals surface area contributed by atoms with Crippen LogP contribution in [0.2, 0.25) is 0 Å². The minimum atomic E-state index is -0.0918. The first-order chi connectivity index (χ1) is 14.7. The van der Waals surface area contributed by atoms with Gasteiger partial charge in [0.2, 0.25) is 0 Å². The van der Waals surface area contributed by atoms with E-state index in [2.05, 4.69) is 15.3 Å². The smallest absolute Gasteiger partial charge is 0.252 e. The average Bonchev–Trinajstić information content (AvgIpc) is 3.63. The third-order valence-electron chi connectivity index (χ3n) is 5.66. The monoisotopic (exact) mass is 394 g/mol. The molecule has 1 aliphatic carbocycles. The van der Waals surface area contributed by atoms with Crippen molar-refractivity contribution < 1.29 is 4.79 Å². The minimum absolute atomic E-state index is 0.0741. The number of amides is 1. The van der Waals surface area contributed by atoms with E-state index in [-0.39, 0.29) is 11.9 Å². The van der Waals surface area contributed by atoms with Crippen molar-refractivity contribution >= 4 is 16.8 Å². The van der Waals surface area contributed by atoms with Crippen LogP contribution in [0.15, 0.2) is 73.2 Å². The molecule has 0 spiro atoms. The van der Waals surface area contributed by atoms with E-state index in [1.165, 1.54) is 0 Å². The number of carbonyl (C=O) groups is 1. The number of fused-ring (bicyclic) bond motifs is 1. The second kappa shape index (κ2) is 7.67. The fourth-order valence-corrected chi connectivity index (χ4v) is 3.92. The fraction of sp³-hybridized carbons (Fsp3) is 0.200. The van der Waals surface area contributed by atoms with Crippen molar-refractivity contribution in [2.75, 3.05) is 0 Å². The lowest BCUT2D eigenvalue weighted by Gasteiger charge is -2.20. The van der Waals surface area contributed by atoms with Gasteiger partial charge in [0.15, 0.2) is 0 Å². The van der Waals surface area contributed by atoms with E-state index in [1.807, 2.05) is 61.5 Å². The van der Waals surface area contributed by atoms with Crippen molar-refractivity contribution in [2.24, 2.45) is 5.92 Å². The van der Waals surface area contributed by atoms with E-state index < -0.39 is 0 Å². The van der Waals surface area contributed by atoms with Crippen LogP contribution in [0.3, 0.4) is 0 Å². The van der Waals surface area contributed by atoms with Crippen molar-refractivity contribution in [3.8, 4) is 11.3 Å². The third-order valence-corrected chi connectivity index (χ3v) is 5.66. The molecule has 1 fully saturated rings. The Morgan fingerprint density at radius 2 is 1.83 bits per heavy atom. The molecule has 3 heterocycles. The number of aromatic nitrogens is 3. The van der Waals surface area contributed by atoms with Crippen LogP contribution in [-0.2, 0) is 0 Å². The summed E-state index contributed by atoms with van der Waals surface area (Å²) in [7, 11) is 0. The van der Waals surface area contributed by atoms with E-state index in [9.17, 15) is 4.79 Å². The molecule has 1 unspecified atom stereocenters. The average molecular weight is 394 g/mol. The summed E-state index contributed by atoms with van der Waals surface area (Å²) >= 11 is 0. The summed E-state index contributed by atoms with van der Waals surface area (Å²) in [5.41, 5.74) is 5.19. The maximum Gasteiger partial charge on any atom is 0.252 e. The molecule has 30 heavy (non-hydrogen) atoms. The second-order valence-electron chi connectivity index (χ2n) is 7.80. The van der Waals surface area contributed by atoms with Crippen LogP contribution in [0, 0.1) is 12.8 Å². The van der Waals surface area contributed by atoms with Gasteiger partial charge in [-0.2, -0.15) is 0 Å². The van der Waals surface area contributed by atoms with Crippen LogP contribution >= 0.6 is 0 Å². The Kier molecular flexibility index (Phi) is 4.71. The highest BCUT2D eigenvalue weighted by Crippen LogP contribution is 2.41. The van der Waals surface area contributed by atoms with Crippen molar-refractivity contribution in [2.45, 2.75) is 25.8 Å². The molecule has 1 aliphatic rings. The third kappa shape index (κ3) is 3.54. The van der Waals surface area contributed by atoms with Crippen LogP contribution in [0.4, 0.5) is 0 Å². The van der Waals surface area contributed by atoms with Crippen LogP contribution < -0.4 is 5.32 Å². The van der Waals surface area contributed by atoms with Crippen molar-refractivity contribution in [3.05, 3.63) is 90.0 Å². The first-order valence-electron chi connectivity index (χ1n) is 10.2. The Morgan fingerprint density at radius 3 is 2.60 bits per heavy atom. The van der Waals surface area contributed by atoms with Gasteiger partial charge in [-0.1, -0.05) is 24.3 Å². The largest absolute Gasteiger partial charge is 0.343 e. The molecule has 1 atom stereocenters. The summed E-state index contributed by atoms with van der Waals surface area (Å²) in [6.45, 7) is 2.05. The molecule has 0 saturated heterocycles. The summed E-state index contributed by atoms with van der Waals surface area (Å²) in [6, 6.07) is 17.4. The molecule has 148 valence electrons. The van der Waals surface area contributed by atoms with Crippen molar-refractivity contribution in [1.29, 1.82) is 0 Å². The zero-order valence-corrected chi connectivity index (χ0v) is 16.7. The minimum Gasteiger partial charge on any atom is -0.343 e. The predicted octanol–water partition coefficient (Wildman–Crippen LogP) is 4.88. The Morgan fingerprint density at radius 1 is 1.03 bits per heavy atom. The molecule has 4 aromatic rings. The zero-order valence-electron chi connectivity index (χ0n) is 16.7. The summed E-state index contributed by atoms with van der Waals surface area (Å²) < 4.78 is 0. The SMILES string of the molecule is Cc1cccnc1C(NC(=O)c1cc(-c2ccncc2)nc2ccccc12)C1CC1. The fourth-order valence-electron chi connectivity index (χ4n) is 3.92. The number of hydrogen-bond acceptors (Lipinski definition) is 4. The van der Waals surface area contributed by atoms with E-state index in [0.29, 0.717) is 11.5 Å². The summed E-state index contributed by atoms with van der Waals surface area (Å²) in [4.78, 5) is 26.9. The number of nitrogens with zero attached hydrogens (tertiary/aromatic N) is 3. The molecular weight excluding hydrogens is 372 g/mol. The first-order valence-corrected chi connectivity index (χ1v) is 10.2. The van der Waals surface area contributed by atoms with Gasteiger partial charge in [-0.25, -0.2) is 4.98 Å². The molecule has 0 aliphatic heterocycles. The van der Waals surface area contributed by atoms with Crippen LogP contribution in [0.25, 0.3) is 22.2 Å². The van der Waals surface area contributed by atoms with Crippen molar-refractivity contribution in [1.82, 2.24) is 20.3 Å². The highest BCUT2D eigenvalue weighted by molar-refractivity contribution is 6.07. The van der Waals surface area contributed by atoms with Crippen LogP contribution in [0.5, 0.6) is 0 Å². The highest BCUT2D eigenvalue weighted by Gasteiger charge is 2.35. The molecule has 0 bridgehead atoms. The number of aryl methyl sites for hydroxylation is 1. The summed E-state index contributed by atoms with van der Waals surface area (Å²) in [6.07, 6.45) is 7.49. The molecule has 1 N–H and O–H groups in total. The number of pyridine rings is 3. The van der Waals surface area contributed by atoms with Gasteiger partial charge in [0.05, 0.1) is 28.5 Å². The van der Waals surface area contributed by atoms with Gasteiger partial charge in [-0.05, 0) is 61.6 Å². The Labute approximate surface area is 175 Å². The number of para-hydroxylation sites is 1. The number of rotatable bonds is 5. The van der Waals surface area contributed by atoms with Gasteiger partial charge in [0, 0.05) is 29.5 Å². The molecule has 1 aromatic carbocycles. The van der Waals surface area contributed by atoms with Gasteiger partial charge in [-0.15, -0.1) is 0 Å².